The van der Waals surface area contributed by atoms with E-state index < -0.39 is 4.92 Å². The van der Waals surface area contributed by atoms with Crippen LogP contribution in [0.2, 0.25) is 5.15 Å². The van der Waals surface area contributed by atoms with Gasteiger partial charge >= 0.3 is 0 Å². The Bertz CT molecular complexity index is 396. The minimum Gasteiger partial charge on any atom is -0.354 e. The summed E-state index contributed by atoms with van der Waals surface area (Å²) in [5, 5.41) is 10.8. The fourth-order valence-electron chi connectivity index (χ4n) is 1.51. The number of nitro groups is 1. The SMILES string of the molecule is CCN(c1cc([N+](=O)[O-])cc(Cl)n1)C(C)C. The second-order valence-electron chi connectivity index (χ2n) is 3.64. The van der Waals surface area contributed by atoms with E-state index in [0.717, 1.165) is 6.54 Å². The van der Waals surface area contributed by atoms with Crippen molar-refractivity contribution in [1.82, 2.24) is 4.98 Å². The van der Waals surface area contributed by atoms with Gasteiger partial charge in [0.1, 0.15) is 11.0 Å². The summed E-state index contributed by atoms with van der Waals surface area (Å²) in [6, 6.07) is 2.91. The molecule has 1 aromatic rings. The largest absolute Gasteiger partial charge is 0.354 e. The molecule has 16 heavy (non-hydrogen) atoms. The maximum atomic E-state index is 10.7. The molecule has 0 saturated carbocycles. The van der Waals surface area contributed by atoms with Gasteiger partial charge in [-0.1, -0.05) is 11.6 Å². The molecule has 0 aliphatic rings. The number of hydrogen-bond acceptors (Lipinski definition) is 4. The molecule has 1 heterocycles. The van der Waals surface area contributed by atoms with Crippen molar-refractivity contribution in [1.29, 1.82) is 0 Å². The first-order valence-electron chi connectivity index (χ1n) is 5.04. The summed E-state index contributed by atoms with van der Waals surface area (Å²) in [5.74, 6) is 0.539. The first kappa shape index (κ1) is 12.7. The van der Waals surface area contributed by atoms with E-state index in [1.165, 1.54) is 12.1 Å². The molecule has 5 nitrogen and oxygen atoms in total. The van der Waals surface area contributed by atoms with Crippen LogP contribution in [0, 0.1) is 10.1 Å². The van der Waals surface area contributed by atoms with Crippen LogP contribution in [0.5, 0.6) is 0 Å². The Kier molecular flexibility index (Phi) is 4.06. The van der Waals surface area contributed by atoms with Gasteiger partial charge in [0.2, 0.25) is 0 Å². The molecule has 6 heteroatoms. The van der Waals surface area contributed by atoms with Gasteiger partial charge in [-0.2, -0.15) is 0 Å². The number of aromatic nitrogens is 1. The number of halogens is 1. The number of rotatable bonds is 4. The third-order valence-electron chi connectivity index (χ3n) is 2.23. The average molecular weight is 244 g/mol. The van der Waals surface area contributed by atoms with Crippen molar-refractivity contribution in [3.05, 3.63) is 27.4 Å². The zero-order chi connectivity index (χ0) is 12.3. The lowest BCUT2D eigenvalue weighted by atomic mass is 10.3. The Hall–Kier alpha value is -1.36. The van der Waals surface area contributed by atoms with E-state index in [-0.39, 0.29) is 16.9 Å². The van der Waals surface area contributed by atoms with Crippen molar-refractivity contribution in [2.45, 2.75) is 26.8 Å². The molecule has 0 amide bonds. The summed E-state index contributed by atoms with van der Waals surface area (Å²) in [4.78, 5) is 16.3. The number of anilines is 1. The highest BCUT2D eigenvalue weighted by Gasteiger charge is 2.15. The van der Waals surface area contributed by atoms with Gasteiger partial charge in [-0.25, -0.2) is 4.98 Å². The monoisotopic (exact) mass is 243 g/mol. The molecule has 0 aliphatic heterocycles. The summed E-state index contributed by atoms with van der Waals surface area (Å²) in [6.45, 7) is 6.69. The second kappa shape index (κ2) is 5.12. The fourth-order valence-corrected chi connectivity index (χ4v) is 1.71. The summed E-state index contributed by atoms with van der Waals surface area (Å²) in [5.41, 5.74) is -0.0332. The molecule has 1 aromatic heterocycles. The maximum Gasteiger partial charge on any atom is 0.276 e. The van der Waals surface area contributed by atoms with Crippen molar-refractivity contribution >= 4 is 23.1 Å². The van der Waals surface area contributed by atoms with Crippen LogP contribution >= 0.6 is 11.6 Å². The van der Waals surface area contributed by atoms with Gasteiger partial charge in [-0.3, -0.25) is 10.1 Å². The molecule has 0 aromatic carbocycles. The zero-order valence-corrected chi connectivity index (χ0v) is 10.2. The molecule has 0 aliphatic carbocycles. The molecule has 0 radical (unpaired) electrons. The zero-order valence-electron chi connectivity index (χ0n) is 9.48. The van der Waals surface area contributed by atoms with Gasteiger partial charge in [0.25, 0.3) is 5.69 Å². The van der Waals surface area contributed by atoms with Crippen LogP contribution in [0.25, 0.3) is 0 Å². The summed E-state index contributed by atoms with van der Waals surface area (Å²) in [6.07, 6.45) is 0. The van der Waals surface area contributed by atoms with Crippen LogP contribution in [0.1, 0.15) is 20.8 Å². The second-order valence-corrected chi connectivity index (χ2v) is 4.03. The molecule has 88 valence electrons. The van der Waals surface area contributed by atoms with Gasteiger partial charge in [-0.05, 0) is 20.8 Å². The molecule has 0 N–H and O–H groups in total. The van der Waals surface area contributed by atoms with Crippen molar-refractivity contribution < 1.29 is 4.92 Å². The smallest absolute Gasteiger partial charge is 0.276 e. The van der Waals surface area contributed by atoms with Crippen LogP contribution < -0.4 is 4.90 Å². The van der Waals surface area contributed by atoms with Crippen molar-refractivity contribution in [3.63, 3.8) is 0 Å². The van der Waals surface area contributed by atoms with Gasteiger partial charge < -0.3 is 4.90 Å². The topological polar surface area (TPSA) is 59.3 Å². The van der Waals surface area contributed by atoms with Crippen LogP contribution in [0.4, 0.5) is 11.5 Å². The van der Waals surface area contributed by atoms with E-state index in [9.17, 15) is 10.1 Å². The molecule has 1 rings (SSSR count). The van der Waals surface area contributed by atoms with Crippen molar-refractivity contribution in [3.8, 4) is 0 Å². The molecule has 0 atom stereocenters. The van der Waals surface area contributed by atoms with E-state index in [1.54, 1.807) is 0 Å². The van der Waals surface area contributed by atoms with E-state index in [0.29, 0.717) is 5.82 Å². The number of pyridine rings is 1. The van der Waals surface area contributed by atoms with E-state index in [4.69, 9.17) is 11.6 Å². The molecule has 0 bridgehead atoms. The maximum absolute atomic E-state index is 10.7. The van der Waals surface area contributed by atoms with Gasteiger partial charge in [-0.15, -0.1) is 0 Å². The van der Waals surface area contributed by atoms with Crippen LogP contribution in [-0.2, 0) is 0 Å². The van der Waals surface area contributed by atoms with E-state index >= 15 is 0 Å². The number of nitrogens with zero attached hydrogens (tertiary/aromatic N) is 3. The molecule has 0 saturated heterocycles. The Morgan fingerprint density at radius 2 is 2.19 bits per heavy atom. The minimum absolute atomic E-state index is 0.0332. The predicted molar refractivity (Wildman–Crippen MR) is 64.1 cm³/mol. The van der Waals surface area contributed by atoms with E-state index in [2.05, 4.69) is 4.98 Å². The quantitative estimate of drug-likeness (QED) is 0.464. The van der Waals surface area contributed by atoms with Crippen molar-refractivity contribution in [2.75, 3.05) is 11.4 Å². The van der Waals surface area contributed by atoms with Crippen molar-refractivity contribution in [2.24, 2.45) is 0 Å². The van der Waals surface area contributed by atoms with Gasteiger partial charge in [0, 0.05) is 12.6 Å². The lowest BCUT2D eigenvalue weighted by molar-refractivity contribution is -0.384. The standard InChI is InChI=1S/C10H14ClN3O2/c1-4-13(7(2)3)10-6-8(14(15)16)5-9(11)12-10/h5-7H,4H2,1-3H3. The summed E-state index contributed by atoms with van der Waals surface area (Å²) in [7, 11) is 0. The number of hydrogen-bond donors (Lipinski definition) is 0. The Morgan fingerprint density at radius 3 is 2.62 bits per heavy atom. The third-order valence-corrected chi connectivity index (χ3v) is 2.43. The van der Waals surface area contributed by atoms with E-state index in [1.807, 2.05) is 25.7 Å². The molecule has 0 unspecified atom stereocenters. The highest BCUT2D eigenvalue weighted by atomic mass is 35.5. The first-order chi connectivity index (χ1) is 7.45. The molecular weight excluding hydrogens is 230 g/mol. The normalized spacial score (nSPS) is 10.6. The average Bonchev–Trinajstić information content (AvgIpc) is 2.17. The molecule has 0 fully saturated rings. The lowest BCUT2D eigenvalue weighted by Gasteiger charge is -2.26. The minimum atomic E-state index is -0.467. The molecule has 0 spiro atoms. The van der Waals surface area contributed by atoms with Crippen LogP contribution in [-0.4, -0.2) is 22.5 Å². The summed E-state index contributed by atoms with van der Waals surface area (Å²) < 4.78 is 0. The summed E-state index contributed by atoms with van der Waals surface area (Å²) >= 11 is 5.76. The third kappa shape index (κ3) is 2.82. The highest BCUT2D eigenvalue weighted by molar-refractivity contribution is 6.29. The predicted octanol–water partition coefficient (Wildman–Crippen LogP) is 2.88. The fraction of sp³-hybridized carbons (Fsp3) is 0.500. The Morgan fingerprint density at radius 1 is 1.56 bits per heavy atom. The van der Waals surface area contributed by atoms with Crippen LogP contribution in [0.3, 0.4) is 0 Å². The Balaban J connectivity index is 3.17. The van der Waals surface area contributed by atoms with Crippen LogP contribution in [0.15, 0.2) is 12.1 Å². The van der Waals surface area contributed by atoms with Gasteiger partial charge in [0.05, 0.1) is 17.1 Å². The Labute approximate surface area is 99.2 Å². The highest BCUT2D eigenvalue weighted by Crippen LogP contribution is 2.24. The molecular formula is C10H14ClN3O2. The lowest BCUT2D eigenvalue weighted by Crippen LogP contribution is -2.31. The van der Waals surface area contributed by atoms with Gasteiger partial charge in [0.15, 0.2) is 0 Å². The first-order valence-corrected chi connectivity index (χ1v) is 5.42.